The van der Waals surface area contributed by atoms with Crippen molar-refractivity contribution in [2.75, 3.05) is 14.1 Å². The van der Waals surface area contributed by atoms with Gasteiger partial charge in [-0.15, -0.1) is 0 Å². The number of carbonyl (C=O) groups excluding carboxylic acids is 4. The van der Waals surface area contributed by atoms with Gasteiger partial charge in [0, 0.05) is 17.9 Å². The average molecular weight is 500 g/mol. The molecule has 0 heterocycles. The smallest absolute Gasteiger partial charge is 0.305 e. The Balaban J connectivity index is 2.11. The molecule has 0 unspecified atom stereocenters. The van der Waals surface area contributed by atoms with E-state index in [1.54, 1.807) is 26.0 Å². The molecule has 4 rings (SSSR count). The van der Waals surface area contributed by atoms with Crippen molar-refractivity contribution in [3.05, 3.63) is 52.0 Å². The number of phenols is 1. The fourth-order valence-corrected chi connectivity index (χ4v) is 6.03. The first-order valence-electron chi connectivity index (χ1n) is 11.7. The number of phenolic OH excluding ortho intramolecular Hbond substituents is 1. The van der Waals surface area contributed by atoms with Gasteiger partial charge >= 0.3 is 5.97 Å². The molecule has 10 nitrogen and oxygen atoms in total. The molecule has 0 saturated heterocycles. The number of fused-ring (bicyclic) bond motifs is 3. The molecule has 0 bridgehead atoms. The first-order chi connectivity index (χ1) is 16.8. The number of ether oxygens (including phenoxy) is 1. The van der Waals surface area contributed by atoms with Crippen molar-refractivity contribution in [3.63, 3.8) is 0 Å². The number of benzene rings is 1. The zero-order valence-electron chi connectivity index (χ0n) is 20.6. The number of Topliss-reactive ketones (excluding diaryl/α,β-unsaturated/α-hetero) is 3. The third kappa shape index (κ3) is 3.24. The maximum absolute atomic E-state index is 13.7. The molecule has 192 valence electrons. The molecular weight excluding hydrogens is 470 g/mol. The lowest BCUT2D eigenvalue weighted by atomic mass is 9.55. The van der Waals surface area contributed by atoms with Crippen LogP contribution < -0.4 is 0 Å². The van der Waals surface area contributed by atoms with E-state index in [2.05, 4.69) is 0 Å². The predicted molar refractivity (Wildman–Crippen MR) is 125 cm³/mol. The van der Waals surface area contributed by atoms with Gasteiger partial charge in [-0.25, -0.2) is 0 Å². The Hall–Kier alpha value is -3.50. The average Bonchev–Trinajstić information content (AvgIpc) is 2.80. The van der Waals surface area contributed by atoms with Crippen LogP contribution in [-0.2, 0) is 19.1 Å². The van der Waals surface area contributed by atoms with E-state index in [0.717, 1.165) is 6.92 Å². The van der Waals surface area contributed by atoms with E-state index in [9.17, 15) is 39.6 Å². The standard InChI is InChI=1S/C26H29NO9/c1-6-14(30)36-23-15-10(2)12-8-7-9-13(29)17(12)21(31)18(15)25(34)26(35)19(23)20(27(4)5)22(32)16(11(3)28)24(26)33/h7-10,15,19-20,23,29,32,34-35H,6H2,1-5H3/t10-,15+,19+,20-,23-,26+/m0/s1. The summed E-state index contributed by atoms with van der Waals surface area (Å²) in [5.74, 6) is -8.67. The van der Waals surface area contributed by atoms with Gasteiger partial charge in [0.15, 0.2) is 17.2 Å². The second kappa shape index (κ2) is 8.56. The molecule has 0 fully saturated rings. The molecule has 10 heteroatoms. The predicted octanol–water partition coefficient (Wildman–Crippen LogP) is 1.72. The van der Waals surface area contributed by atoms with Gasteiger partial charge in [0.2, 0.25) is 5.78 Å². The Morgan fingerprint density at radius 1 is 1.14 bits per heavy atom. The minimum atomic E-state index is -2.86. The van der Waals surface area contributed by atoms with Crippen LogP contribution in [0.2, 0.25) is 0 Å². The van der Waals surface area contributed by atoms with Crippen LogP contribution in [0.5, 0.6) is 5.75 Å². The van der Waals surface area contributed by atoms with Gasteiger partial charge in [0.05, 0.1) is 17.5 Å². The van der Waals surface area contributed by atoms with Crippen molar-refractivity contribution in [1.82, 2.24) is 4.90 Å². The second-order valence-corrected chi connectivity index (χ2v) is 9.80. The highest BCUT2D eigenvalue weighted by molar-refractivity contribution is 6.25. The number of carbonyl (C=O) groups is 4. The van der Waals surface area contributed by atoms with Gasteiger partial charge in [0.25, 0.3) is 0 Å². The van der Waals surface area contributed by atoms with Crippen LogP contribution in [0.25, 0.3) is 0 Å². The van der Waals surface area contributed by atoms with Crippen molar-refractivity contribution < 1.29 is 44.3 Å². The van der Waals surface area contributed by atoms with E-state index in [0.29, 0.717) is 5.56 Å². The van der Waals surface area contributed by atoms with Crippen molar-refractivity contribution in [1.29, 1.82) is 0 Å². The van der Waals surface area contributed by atoms with Crippen molar-refractivity contribution in [2.45, 2.75) is 50.9 Å². The summed E-state index contributed by atoms with van der Waals surface area (Å²) in [6.07, 6.45) is -1.41. The number of nitrogens with zero attached hydrogens (tertiary/aromatic N) is 1. The highest BCUT2D eigenvalue weighted by Crippen LogP contribution is 2.56. The largest absolute Gasteiger partial charge is 0.510 e. The van der Waals surface area contributed by atoms with Crippen LogP contribution in [0.1, 0.15) is 49.0 Å². The fraction of sp³-hybridized carbons (Fsp3) is 0.462. The number of aliphatic hydroxyl groups excluding tert-OH is 2. The van der Waals surface area contributed by atoms with Gasteiger partial charge in [0.1, 0.15) is 28.9 Å². The summed E-state index contributed by atoms with van der Waals surface area (Å²) in [6.45, 7) is 4.30. The fourth-order valence-electron chi connectivity index (χ4n) is 6.03. The minimum Gasteiger partial charge on any atom is -0.510 e. The topological polar surface area (TPSA) is 162 Å². The lowest BCUT2D eigenvalue weighted by Gasteiger charge is -2.54. The quantitative estimate of drug-likeness (QED) is 0.354. The zero-order valence-corrected chi connectivity index (χ0v) is 20.6. The third-order valence-corrected chi connectivity index (χ3v) is 7.63. The van der Waals surface area contributed by atoms with Gasteiger partial charge in [-0.05, 0) is 38.6 Å². The van der Waals surface area contributed by atoms with Gasteiger partial charge in [-0.2, -0.15) is 0 Å². The lowest BCUT2D eigenvalue weighted by molar-refractivity contribution is -0.180. The van der Waals surface area contributed by atoms with Crippen LogP contribution in [-0.4, -0.2) is 80.5 Å². The number of aliphatic hydroxyl groups is 3. The number of hydrogen-bond acceptors (Lipinski definition) is 10. The maximum Gasteiger partial charge on any atom is 0.305 e. The molecule has 0 spiro atoms. The third-order valence-electron chi connectivity index (χ3n) is 7.63. The SMILES string of the molecule is CCC(=O)O[C@H]1[C@H]2C(=C(O)[C@]3(O)C(=O)C(C(C)=O)=C(O)[C@@H](N(C)C)[C@H]13)C(=O)c1c(O)cccc1[C@@H]2C. The van der Waals surface area contributed by atoms with Gasteiger partial charge in [-0.3, -0.25) is 24.1 Å². The summed E-state index contributed by atoms with van der Waals surface area (Å²) in [4.78, 5) is 53.7. The maximum atomic E-state index is 13.7. The van der Waals surface area contributed by atoms with Crippen LogP contribution in [0.3, 0.4) is 0 Å². The Bertz CT molecular complexity index is 1260. The van der Waals surface area contributed by atoms with Crippen LogP contribution >= 0.6 is 0 Å². The molecule has 0 aliphatic heterocycles. The summed E-state index contributed by atoms with van der Waals surface area (Å²) >= 11 is 0. The van der Waals surface area contributed by atoms with Crippen LogP contribution in [0.15, 0.2) is 40.9 Å². The van der Waals surface area contributed by atoms with E-state index in [1.807, 2.05) is 0 Å². The summed E-state index contributed by atoms with van der Waals surface area (Å²) in [5.41, 5.74) is -3.60. The molecule has 3 aliphatic carbocycles. The monoisotopic (exact) mass is 499 g/mol. The summed E-state index contributed by atoms with van der Waals surface area (Å²) < 4.78 is 5.77. The molecular formula is C26H29NO9. The Kier molecular flexibility index (Phi) is 6.09. The Labute approximate surface area is 207 Å². The van der Waals surface area contributed by atoms with E-state index in [-0.39, 0.29) is 23.3 Å². The van der Waals surface area contributed by atoms with Gasteiger partial charge < -0.3 is 25.2 Å². The van der Waals surface area contributed by atoms with E-state index in [1.165, 1.54) is 25.1 Å². The molecule has 0 radical (unpaired) electrons. The van der Waals surface area contributed by atoms with E-state index in [4.69, 9.17) is 4.74 Å². The molecule has 4 N–H and O–H groups in total. The molecule has 0 saturated carbocycles. The van der Waals surface area contributed by atoms with Crippen molar-refractivity contribution in [3.8, 4) is 5.75 Å². The summed E-state index contributed by atoms with van der Waals surface area (Å²) in [5, 5.41) is 44.9. The van der Waals surface area contributed by atoms with Crippen LogP contribution in [0.4, 0.5) is 0 Å². The first kappa shape index (κ1) is 25.6. The second-order valence-electron chi connectivity index (χ2n) is 9.80. The summed E-state index contributed by atoms with van der Waals surface area (Å²) in [7, 11) is 3.07. The molecule has 36 heavy (non-hydrogen) atoms. The molecule has 3 aliphatic rings. The number of esters is 1. The van der Waals surface area contributed by atoms with E-state index >= 15 is 0 Å². The molecule has 0 amide bonds. The number of ketones is 3. The molecule has 6 atom stereocenters. The van der Waals surface area contributed by atoms with Gasteiger partial charge in [-0.1, -0.05) is 26.0 Å². The normalized spacial score (nSPS) is 31.7. The number of aromatic hydroxyl groups is 1. The summed E-state index contributed by atoms with van der Waals surface area (Å²) in [6, 6.07) is 3.27. The number of likely N-dealkylation sites (N-methyl/N-ethyl adjacent to an activating group) is 1. The van der Waals surface area contributed by atoms with Crippen LogP contribution in [0, 0.1) is 11.8 Å². The number of hydrogen-bond donors (Lipinski definition) is 4. The lowest BCUT2D eigenvalue weighted by Crippen LogP contribution is -2.68. The minimum absolute atomic E-state index is 0.0554. The molecule has 1 aromatic carbocycles. The molecule has 1 aromatic rings. The Morgan fingerprint density at radius 3 is 2.33 bits per heavy atom. The van der Waals surface area contributed by atoms with E-state index < -0.39 is 75.9 Å². The zero-order chi connectivity index (χ0) is 26.9. The highest BCUT2D eigenvalue weighted by Gasteiger charge is 2.68. The number of rotatable bonds is 4. The highest BCUT2D eigenvalue weighted by atomic mass is 16.5. The van der Waals surface area contributed by atoms with Crippen molar-refractivity contribution >= 4 is 23.3 Å². The molecule has 0 aromatic heterocycles. The van der Waals surface area contributed by atoms with Crippen molar-refractivity contribution in [2.24, 2.45) is 11.8 Å². The Morgan fingerprint density at radius 2 is 1.78 bits per heavy atom. The first-order valence-corrected chi connectivity index (χ1v) is 11.7.